The topological polar surface area (TPSA) is 35.0 Å². The third kappa shape index (κ3) is 3.05. The molecule has 0 aliphatic heterocycles. The molecule has 3 nitrogen and oxygen atoms in total. The predicted octanol–water partition coefficient (Wildman–Crippen LogP) is 5.06. The van der Waals surface area contributed by atoms with E-state index in [1.807, 2.05) is 39.8 Å². The zero-order chi connectivity index (χ0) is 14.9. The Morgan fingerprint density at radius 2 is 1.65 bits per heavy atom. The first-order valence-corrected chi connectivity index (χ1v) is 7.15. The van der Waals surface area contributed by atoms with E-state index in [9.17, 15) is 0 Å². The molecule has 0 saturated heterocycles. The number of aromatic nitrogens is 2. The molecule has 0 bridgehead atoms. The monoisotopic (exact) mass is 310 g/mol. The Labute approximate surface area is 128 Å². The minimum atomic E-state index is 0.425. The van der Waals surface area contributed by atoms with Gasteiger partial charge < -0.3 is 4.74 Å². The SMILES string of the molecule is CCc1nc(Cl)c(C)c(Oc2cc(C)c(Cl)c(C)c2)n1. The van der Waals surface area contributed by atoms with Crippen LogP contribution in [0, 0.1) is 20.8 Å². The maximum Gasteiger partial charge on any atom is 0.226 e. The number of benzene rings is 1. The van der Waals surface area contributed by atoms with Gasteiger partial charge in [-0.1, -0.05) is 30.1 Å². The number of aryl methyl sites for hydroxylation is 3. The molecule has 5 heteroatoms. The van der Waals surface area contributed by atoms with Gasteiger partial charge in [-0.3, -0.25) is 0 Å². The van der Waals surface area contributed by atoms with E-state index in [2.05, 4.69) is 9.97 Å². The van der Waals surface area contributed by atoms with Crippen LogP contribution in [0.3, 0.4) is 0 Å². The number of rotatable bonds is 3. The molecule has 0 radical (unpaired) electrons. The summed E-state index contributed by atoms with van der Waals surface area (Å²) in [5.41, 5.74) is 2.67. The fourth-order valence-electron chi connectivity index (χ4n) is 1.85. The Kier molecular flexibility index (Phi) is 4.51. The van der Waals surface area contributed by atoms with Crippen molar-refractivity contribution in [2.45, 2.75) is 34.1 Å². The van der Waals surface area contributed by atoms with Gasteiger partial charge in [0.2, 0.25) is 5.88 Å². The molecule has 0 atom stereocenters. The average Bonchev–Trinajstić information content (AvgIpc) is 2.40. The molecule has 0 unspecified atom stereocenters. The van der Waals surface area contributed by atoms with Crippen LogP contribution < -0.4 is 4.74 Å². The first-order valence-electron chi connectivity index (χ1n) is 6.40. The summed E-state index contributed by atoms with van der Waals surface area (Å²) in [6, 6.07) is 3.77. The van der Waals surface area contributed by atoms with Crippen molar-refractivity contribution in [1.82, 2.24) is 9.97 Å². The second-order valence-corrected chi connectivity index (χ2v) is 5.42. The number of hydrogen-bond donors (Lipinski definition) is 0. The molecule has 2 rings (SSSR count). The number of hydrogen-bond acceptors (Lipinski definition) is 3. The standard InChI is InChI=1S/C15H16Cl2N2O/c1-5-12-18-14(17)10(4)15(19-12)20-11-6-8(2)13(16)9(3)7-11/h6-7H,5H2,1-4H3. The third-order valence-electron chi connectivity index (χ3n) is 3.03. The fraction of sp³-hybridized carbons (Fsp3) is 0.333. The summed E-state index contributed by atoms with van der Waals surface area (Å²) >= 11 is 12.3. The Hall–Kier alpha value is -1.32. The molecule has 1 heterocycles. The number of halogens is 2. The van der Waals surface area contributed by atoms with E-state index in [-0.39, 0.29) is 0 Å². The first kappa shape index (κ1) is 15.1. The van der Waals surface area contributed by atoms with Crippen LogP contribution in [0.25, 0.3) is 0 Å². The molecule has 0 fully saturated rings. The molecule has 1 aromatic carbocycles. The van der Waals surface area contributed by atoms with Crippen LogP contribution in [-0.2, 0) is 6.42 Å². The maximum absolute atomic E-state index is 6.15. The van der Waals surface area contributed by atoms with E-state index >= 15 is 0 Å². The minimum absolute atomic E-state index is 0.425. The van der Waals surface area contributed by atoms with Crippen molar-refractivity contribution in [3.63, 3.8) is 0 Å². The Balaban J connectivity index is 2.42. The van der Waals surface area contributed by atoms with E-state index in [4.69, 9.17) is 27.9 Å². The van der Waals surface area contributed by atoms with E-state index in [1.165, 1.54) is 0 Å². The Bertz CT molecular complexity index is 634. The van der Waals surface area contributed by atoms with Crippen molar-refractivity contribution >= 4 is 23.2 Å². The van der Waals surface area contributed by atoms with Crippen molar-refractivity contribution in [3.05, 3.63) is 44.8 Å². The zero-order valence-corrected chi connectivity index (χ0v) is 13.4. The van der Waals surface area contributed by atoms with Crippen LogP contribution in [-0.4, -0.2) is 9.97 Å². The smallest absolute Gasteiger partial charge is 0.226 e. The zero-order valence-electron chi connectivity index (χ0n) is 11.9. The van der Waals surface area contributed by atoms with Crippen LogP contribution in [0.5, 0.6) is 11.6 Å². The van der Waals surface area contributed by atoms with Crippen molar-refractivity contribution in [2.24, 2.45) is 0 Å². The third-order valence-corrected chi connectivity index (χ3v) is 3.99. The van der Waals surface area contributed by atoms with Gasteiger partial charge in [0.25, 0.3) is 0 Å². The maximum atomic E-state index is 6.15. The predicted molar refractivity (Wildman–Crippen MR) is 82.2 cm³/mol. The largest absolute Gasteiger partial charge is 0.439 e. The molecule has 0 amide bonds. The summed E-state index contributed by atoms with van der Waals surface area (Å²) in [6.07, 6.45) is 0.703. The van der Waals surface area contributed by atoms with Gasteiger partial charge in [-0.05, 0) is 44.0 Å². The fourth-order valence-corrected chi connectivity index (χ4v) is 2.13. The van der Waals surface area contributed by atoms with Gasteiger partial charge >= 0.3 is 0 Å². The van der Waals surface area contributed by atoms with Gasteiger partial charge in [-0.25, -0.2) is 4.98 Å². The van der Waals surface area contributed by atoms with E-state index in [0.717, 1.165) is 21.7 Å². The summed E-state index contributed by atoms with van der Waals surface area (Å²) in [5.74, 6) is 1.85. The van der Waals surface area contributed by atoms with Crippen LogP contribution >= 0.6 is 23.2 Å². The highest BCUT2D eigenvalue weighted by Crippen LogP contribution is 2.31. The lowest BCUT2D eigenvalue weighted by molar-refractivity contribution is 0.454. The van der Waals surface area contributed by atoms with E-state index in [0.29, 0.717) is 29.0 Å². The van der Waals surface area contributed by atoms with Gasteiger partial charge in [-0.15, -0.1) is 0 Å². The second kappa shape index (κ2) is 5.98. The van der Waals surface area contributed by atoms with Crippen molar-refractivity contribution in [3.8, 4) is 11.6 Å². The lowest BCUT2D eigenvalue weighted by atomic mass is 10.1. The summed E-state index contributed by atoms with van der Waals surface area (Å²) < 4.78 is 5.85. The molecule has 0 spiro atoms. The van der Waals surface area contributed by atoms with Crippen LogP contribution in [0.15, 0.2) is 12.1 Å². The molecule has 0 aliphatic carbocycles. The van der Waals surface area contributed by atoms with Crippen molar-refractivity contribution in [1.29, 1.82) is 0 Å². The minimum Gasteiger partial charge on any atom is -0.439 e. The summed E-state index contributed by atoms with van der Waals surface area (Å²) in [6.45, 7) is 7.70. The van der Waals surface area contributed by atoms with Crippen LogP contribution in [0.4, 0.5) is 0 Å². The molecule has 0 aliphatic rings. The van der Waals surface area contributed by atoms with Crippen molar-refractivity contribution < 1.29 is 4.74 Å². The molecular weight excluding hydrogens is 295 g/mol. The lowest BCUT2D eigenvalue weighted by Gasteiger charge is -2.12. The van der Waals surface area contributed by atoms with Crippen LogP contribution in [0.1, 0.15) is 29.4 Å². The highest BCUT2D eigenvalue weighted by Gasteiger charge is 2.12. The molecule has 20 heavy (non-hydrogen) atoms. The molecule has 1 aromatic heterocycles. The highest BCUT2D eigenvalue weighted by molar-refractivity contribution is 6.32. The quantitative estimate of drug-likeness (QED) is 0.743. The lowest BCUT2D eigenvalue weighted by Crippen LogP contribution is -2.00. The van der Waals surface area contributed by atoms with E-state index in [1.54, 1.807) is 0 Å². The highest BCUT2D eigenvalue weighted by atomic mass is 35.5. The summed E-state index contributed by atoms with van der Waals surface area (Å²) in [7, 11) is 0. The summed E-state index contributed by atoms with van der Waals surface area (Å²) in [5, 5.41) is 1.18. The average molecular weight is 311 g/mol. The van der Waals surface area contributed by atoms with Gasteiger partial charge in [0.15, 0.2) is 0 Å². The number of ether oxygens (including phenoxy) is 1. The molecule has 2 aromatic rings. The normalized spacial score (nSPS) is 10.7. The molecule has 0 N–H and O–H groups in total. The molecular formula is C15H16Cl2N2O. The van der Waals surface area contributed by atoms with E-state index < -0.39 is 0 Å². The Morgan fingerprint density at radius 1 is 1.05 bits per heavy atom. The summed E-state index contributed by atoms with van der Waals surface area (Å²) in [4.78, 5) is 8.57. The molecule has 0 saturated carbocycles. The van der Waals surface area contributed by atoms with Gasteiger partial charge in [-0.2, -0.15) is 4.98 Å². The van der Waals surface area contributed by atoms with Crippen LogP contribution in [0.2, 0.25) is 10.2 Å². The first-order chi connectivity index (χ1) is 9.42. The van der Waals surface area contributed by atoms with Gasteiger partial charge in [0.05, 0.1) is 0 Å². The van der Waals surface area contributed by atoms with Gasteiger partial charge in [0, 0.05) is 17.0 Å². The number of nitrogens with zero attached hydrogens (tertiary/aromatic N) is 2. The molecule has 106 valence electrons. The second-order valence-electron chi connectivity index (χ2n) is 4.69. The van der Waals surface area contributed by atoms with Gasteiger partial charge in [0.1, 0.15) is 16.7 Å². The Morgan fingerprint density at radius 3 is 2.20 bits per heavy atom. The van der Waals surface area contributed by atoms with Crippen molar-refractivity contribution in [2.75, 3.05) is 0 Å².